The average molecular weight is 177 g/mol. The summed E-state index contributed by atoms with van der Waals surface area (Å²) in [6.07, 6.45) is 2.32. The van der Waals surface area contributed by atoms with Gasteiger partial charge in [0, 0.05) is 6.04 Å². The van der Waals surface area contributed by atoms with Crippen LogP contribution < -0.4 is 5.73 Å². The van der Waals surface area contributed by atoms with E-state index in [4.69, 9.17) is 5.73 Å². The van der Waals surface area contributed by atoms with E-state index in [9.17, 15) is 0 Å². The summed E-state index contributed by atoms with van der Waals surface area (Å²) in [5.74, 6) is 0.611. The van der Waals surface area contributed by atoms with Crippen molar-refractivity contribution in [2.75, 3.05) is 0 Å². The molecule has 0 amide bonds. The van der Waals surface area contributed by atoms with Crippen LogP contribution in [0.2, 0.25) is 0 Å². The fourth-order valence-corrected chi connectivity index (χ4v) is 1.30. The van der Waals surface area contributed by atoms with Gasteiger partial charge in [-0.25, -0.2) is 0 Å². The molecule has 0 spiro atoms. The van der Waals surface area contributed by atoms with E-state index in [1.54, 1.807) is 0 Å². The van der Waals surface area contributed by atoms with Crippen LogP contribution in [-0.4, -0.2) is 6.04 Å². The molecule has 1 aromatic carbocycles. The van der Waals surface area contributed by atoms with Crippen molar-refractivity contribution in [3.8, 4) is 0 Å². The highest BCUT2D eigenvalue weighted by atomic mass is 14.6. The maximum absolute atomic E-state index is 5.80. The quantitative estimate of drug-likeness (QED) is 0.751. The third kappa shape index (κ3) is 3.60. The Morgan fingerprint density at radius 1 is 1.15 bits per heavy atom. The molecule has 0 fully saturated rings. The van der Waals surface area contributed by atoms with Gasteiger partial charge in [-0.15, -0.1) is 0 Å². The SMILES string of the molecule is CC(N)C(C)CCc1ccccc1. The van der Waals surface area contributed by atoms with Gasteiger partial charge in [0.25, 0.3) is 0 Å². The van der Waals surface area contributed by atoms with Crippen molar-refractivity contribution < 1.29 is 0 Å². The second-order valence-corrected chi connectivity index (χ2v) is 3.86. The Morgan fingerprint density at radius 2 is 1.77 bits per heavy atom. The molecule has 2 N–H and O–H groups in total. The number of nitrogens with two attached hydrogens (primary N) is 1. The Balaban J connectivity index is 2.35. The van der Waals surface area contributed by atoms with Crippen molar-refractivity contribution in [2.24, 2.45) is 11.7 Å². The molecule has 2 atom stereocenters. The van der Waals surface area contributed by atoms with Gasteiger partial charge < -0.3 is 5.73 Å². The van der Waals surface area contributed by atoms with Crippen LogP contribution >= 0.6 is 0 Å². The molecule has 0 bridgehead atoms. The van der Waals surface area contributed by atoms with Gasteiger partial charge in [-0.2, -0.15) is 0 Å². The minimum atomic E-state index is 0.309. The third-order valence-corrected chi connectivity index (χ3v) is 2.63. The first-order valence-corrected chi connectivity index (χ1v) is 4.99. The Kier molecular flexibility index (Phi) is 3.97. The molecule has 0 aliphatic carbocycles. The lowest BCUT2D eigenvalue weighted by Gasteiger charge is -2.14. The van der Waals surface area contributed by atoms with Gasteiger partial charge in [0.2, 0.25) is 0 Å². The summed E-state index contributed by atoms with van der Waals surface area (Å²) in [6.45, 7) is 4.29. The summed E-state index contributed by atoms with van der Waals surface area (Å²) in [4.78, 5) is 0. The van der Waals surface area contributed by atoms with Gasteiger partial charge in [-0.05, 0) is 31.2 Å². The summed E-state index contributed by atoms with van der Waals surface area (Å²) in [6, 6.07) is 10.9. The third-order valence-electron chi connectivity index (χ3n) is 2.63. The van der Waals surface area contributed by atoms with E-state index < -0.39 is 0 Å². The Bertz CT molecular complexity index is 228. The van der Waals surface area contributed by atoms with Crippen LogP contribution in [0.5, 0.6) is 0 Å². The molecule has 1 nitrogen and oxygen atoms in total. The van der Waals surface area contributed by atoms with Crippen LogP contribution in [0.3, 0.4) is 0 Å². The van der Waals surface area contributed by atoms with Crippen molar-refractivity contribution >= 4 is 0 Å². The fourth-order valence-electron chi connectivity index (χ4n) is 1.30. The van der Waals surface area contributed by atoms with Crippen molar-refractivity contribution in [3.05, 3.63) is 35.9 Å². The number of benzene rings is 1. The number of aryl methyl sites for hydroxylation is 1. The summed E-state index contributed by atoms with van der Waals surface area (Å²) in [5.41, 5.74) is 7.21. The van der Waals surface area contributed by atoms with Gasteiger partial charge in [-0.3, -0.25) is 0 Å². The average Bonchev–Trinajstić information content (AvgIpc) is 2.15. The van der Waals surface area contributed by atoms with Crippen LogP contribution in [0.25, 0.3) is 0 Å². The Labute approximate surface area is 81.0 Å². The second kappa shape index (κ2) is 5.03. The molecule has 0 heterocycles. The van der Waals surface area contributed by atoms with E-state index in [0.717, 1.165) is 6.42 Å². The minimum Gasteiger partial charge on any atom is -0.328 e. The van der Waals surface area contributed by atoms with Gasteiger partial charge in [-0.1, -0.05) is 37.3 Å². The molecule has 2 unspecified atom stereocenters. The zero-order chi connectivity index (χ0) is 9.68. The maximum atomic E-state index is 5.80. The lowest BCUT2D eigenvalue weighted by molar-refractivity contribution is 0.451. The topological polar surface area (TPSA) is 26.0 Å². The summed E-state index contributed by atoms with van der Waals surface area (Å²) >= 11 is 0. The first-order chi connectivity index (χ1) is 6.20. The summed E-state index contributed by atoms with van der Waals surface area (Å²) in [7, 11) is 0. The molecule has 0 saturated carbocycles. The Morgan fingerprint density at radius 3 is 2.31 bits per heavy atom. The second-order valence-electron chi connectivity index (χ2n) is 3.86. The van der Waals surface area contributed by atoms with Crippen molar-refractivity contribution in [3.63, 3.8) is 0 Å². The minimum absolute atomic E-state index is 0.309. The van der Waals surface area contributed by atoms with E-state index in [-0.39, 0.29) is 0 Å². The molecule has 1 rings (SSSR count). The smallest absolute Gasteiger partial charge is 0.00362 e. The monoisotopic (exact) mass is 177 g/mol. The van der Waals surface area contributed by atoms with E-state index in [2.05, 4.69) is 44.2 Å². The van der Waals surface area contributed by atoms with E-state index >= 15 is 0 Å². The van der Waals surface area contributed by atoms with Gasteiger partial charge in [0.1, 0.15) is 0 Å². The van der Waals surface area contributed by atoms with Crippen LogP contribution in [0.15, 0.2) is 30.3 Å². The van der Waals surface area contributed by atoms with Crippen molar-refractivity contribution in [1.29, 1.82) is 0 Å². The fraction of sp³-hybridized carbons (Fsp3) is 0.500. The summed E-state index contributed by atoms with van der Waals surface area (Å²) < 4.78 is 0. The lowest BCUT2D eigenvalue weighted by atomic mass is 9.96. The van der Waals surface area contributed by atoms with E-state index in [1.165, 1.54) is 12.0 Å². The molecule has 1 aromatic rings. The zero-order valence-corrected chi connectivity index (χ0v) is 8.53. The maximum Gasteiger partial charge on any atom is 0.00362 e. The van der Waals surface area contributed by atoms with Crippen molar-refractivity contribution in [1.82, 2.24) is 0 Å². The number of hydrogen-bond acceptors (Lipinski definition) is 1. The largest absolute Gasteiger partial charge is 0.328 e. The lowest BCUT2D eigenvalue weighted by Crippen LogP contribution is -2.24. The van der Waals surface area contributed by atoms with Crippen LogP contribution in [0.4, 0.5) is 0 Å². The van der Waals surface area contributed by atoms with Gasteiger partial charge in [0.15, 0.2) is 0 Å². The van der Waals surface area contributed by atoms with E-state index in [0.29, 0.717) is 12.0 Å². The first kappa shape index (κ1) is 10.3. The molecule has 0 saturated heterocycles. The zero-order valence-electron chi connectivity index (χ0n) is 8.53. The molecule has 1 heteroatoms. The first-order valence-electron chi connectivity index (χ1n) is 4.99. The van der Waals surface area contributed by atoms with Crippen LogP contribution in [0, 0.1) is 5.92 Å². The predicted molar refractivity (Wildman–Crippen MR) is 57.6 cm³/mol. The molecule has 0 aliphatic heterocycles. The predicted octanol–water partition coefficient (Wildman–Crippen LogP) is 2.60. The number of rotatable bonds is 4. The van der Waals surface area contributed by atoms with E-state index in [1.807, 2.05) is 0 Å². The summed E-state index contributed by atoms with van der Waals surface area (Å²) in [5, 5.41) is 0. The van der Waals surface area contributed by atoms with Gasteiger partial charge in [0.05, 0.1) is 0 Å². The molecular formula is C12H19N. The highest BCUT2D eigenvalue weighted by molar-refractivity contribution is 5.14. The standard InChI is InChI=1S/C12H19N/c1-10(11(2)13)8-9-12-6-4-3-5-7-12/h3-7,10-11H,8-9,13H2,1-2H3. The number of hydrogen-bond donors (Lipinski definition) is 1. The molecule has 0 radical (unpaired) electrons. The van der Waals surface area contributed by atoms with Crippen LogP contribution in [-0.2, 0) is 6.42 Å². The van der Waals surface area contributed by atoms with Crippen molar-refractivity contribution in [2.45, 2.75) is 32.7 Å². The normalized spacial score (nSPS) is 15.3. The molecular weight excluding hydrogens is 158 g/mol. The molecule has 0 aromatic heterocycles. The van der Waals surface area contributed by atoms with Gasteiger partial charge >= 0.3 is 0 Å². The Hall–Kier alpha value is -0.820. The molecule has 72 valence electrons. The molecule has 13 heavy (non-hydrogen) atoms. The highest BCUT2D eigenvalue weighted by Crippen LogP contribution is 2.11. The highest BCUT2D eigenvalue weighted by Gasteiger charge is 2.06. The van der Waals surface area contributed by atoms with Crippen LogP contribution in [0.1, 0.15) is 25.8 Å². The molecule has 0 aliphatic rings.